The number of ether oxygens (including phenoxy) is 3. The van der Waals surface area contributed by atoms with Crippen molar-refractivity contribution in [3.8, 4) is 0 Å². The lowest BCUT2D eigenvalue weighted by molar-refractivity contribution is -0.170. The molecular weight excluding hydrogens is 582 g/mol. The number of carbonyl (C=O) groups is 3. The molecule has 1 heterocycles. The molecule has 260 valence electrons. The van der Waals surface area contributed by atoms with Crippen LogP contribution in [0.1, 0.15) is 107 Å². The van der Waals surface area contributed by atoms with E-state index in [0.29, 0.717) is 17.8 Å². The van der Waals surface area contributed by atoms with Gasteiger partial charge in [-0.15, -0.1) is 0 Å². The van der Waals surface area contributed by atoms with Crippen LogP contribution in [0.15, 0.2) is 0 Å². The van der Waals surface area contributed by atoms with E-state index in [4.69, 9.17) is 14.2 Å². The number of rotatable bonds is 9. The fraction of sp³-hybridized carbons (Fsp3) is 0.919. The Balaban J connectivity index is 1.25. The molecule has 0 aromatic heterocycles. The van der Waals surface area contributed by atoms with E-state index in [-0.39, 0.29) is 64.1 Å². The minimum Gasteiger partial charge on any atom is -0.446 e. The van der Waals surface area contributed by atoms with Crippen LogP contribution in [0, 0.1) is 56.7 Å². The average molecular weight is 644 g/mol. The summed E-state index contributed by atoms with van der Waals surface area (Å²) >= 11 is 0. The monoisotopic (exact) mass is 643 g/mol. The number of hydrogen-bond donors (Lipinski definition) is 3. The lowest BCUT2D eigenvalue weighted by Crippen LogP contribution is -2.60. The van der Waals surface area contributed by atoms with E-state index < -0.39 is 23.7 Å². The van der Waals surface area contributed by atoms with E-state index in [2.05, 4.69) is 57.5 Å². The predicted molar refractivity (Wildman–Crippen MR) is 176 cm³/mol. The number of amides is 2. The van der Waals surface area contributed by atoms with Crippen LogP contribution >= 0.6 is 0 Å². The van der Waals surface area contributed by atoms with Gasteiger partial charge < -0.3 is 30.2 Å². The van der Waals surface area contributed by atoms with Crippen molar-refractivity contribution in [1.82, 2.24) is 16.0 Å². The van der Waals surface area contributed by atoms with E-state index in [1.165, 1.54) is 12.8 Å². The van der Waals surface area contributed by atoms with Gasteiger partial charge in [-0.2, -0.15) is 0 Å². The zero-order valence-electron chi connectivity index (χ0n) is 29.9. The van der Waals surface area contributed by atoms with E-state index in [9.17, 15) is 9.59 Å². The van der Waals surface area contributed by atoms with E-state index in [1.54, 1.807) is 7.05 Å². The van der Waals surface area contributed by atoms with Gasteiger partial charge in [0.2, 0.25) is 0 Å². The molecule has 2 amide bonds. The van der Waals surface area contributed by atoms with Gasteiger partial charge in [0.1, 0.15) is 18.3 Å². The normalized spacial score (nSPS) is 43.6. The maximum Gasteiger partial charge on any atom is 0.407 e. The topological polar surface area (TPSA) is 115 Å². The quantitative estimate of drug-likeness (QED) is 0.279. The van der Waals surface area contributed by atoms with Crippen LogP contribution in [0.3, 0.4) is 0 Å². The van der Waals surface area contributed by atoms with Gasteiger partial charge in [0.15, 0.2) is 5.78 Å². The highest BCUT2D eigenvalue weighted by molar-refractivity contribution is 5.93. The Bertz CT molecular complexity index is 1220. The summed E-state index contributed by atoms with van der Waals surface area (Å²) in [6, 6.07) is 0.167. The van der Waals surface area contributed by atoms with Gasteiger partial charge in [-0.1, -0.05) is 61.8 Å². The zero-order valence-corrected chi connectivity index (χ0v) is 29.9. The van der Waals surface area contributed by atoms with Gasteiger partial charge >= 0.3 is 12.2 Å². The fourth-order valence-electron chi connectivity index (χ4n) is 12.2. The minimum absolute atomic E-state index is 0.0675. The van der Waals surface area contributed by atoms with Crippen molar-refractivity contribution in [1.29, 1.82) is 0 Å². The summed E-state index contributed by atoms with van der Waals surface area (Å²) in [5.74, 6) is 1.61. The molecule has 6 aliphatic rings. The van der Waals surface area contributed by atoms with E-state index >= 15 is 4.79 Å². The number of alkyl carbamates (subject to hydrolysis) is 2. The molecule has 0 aromatic carbocycles. The molecule has 3 unspecified atom stereocenters. The first-order valence-electron chi connectivity index (χ1n) is 18.3. The number of Topliss-reactive ketones (excluding diaryl/α,β-unsaturated/α-hetero) is 1. The van der Waals surface area contributed by atoms with Crippen molar-refractivity contribution in [2.24, 2.45) is 56.7 Å². The summed E-state index contributed by atoms with van der Waals surface area (Å²) in [7, 11) is 1.56. The van der Waals surface area contributed by atoms with Crippen LogP contribution in [-0.4, -0.2) is 69.1 Å². The Hall–Kier alpha value is -1.87. The Morgan fingerprint density at radius 3 is 2.24 bits per heavy atom. The third kappa shape index (κ3) is 4.70. The maximum absolute atomic E-state index is 15.0. The first kappa shape index (κ1) is 34.0. The standard InChI is InChI=1S/C37H61N3O6/c1-10-22(4)28-29(44-19-24(21(2)3)45-31(42)38-9)30(41)35(8)26-12-11-25-33(5,6)27(46-32(43)40-23-17-39-18-23)13-14-36(25)20-37(26,36)16-15-34(28,35)7/h21-29,39H,10-20H2,1-9H3,(H,38,42)(H,40,43)/t22-,24+,25?,26?,27+,28+,29?,34-,35-,36-,37+/m1/s1. The maximum atomic E-state index is 15.0. The zero-order chi connectivity index (χ0) is 33.4. The Morgan fingerprint density at radius 1 is 0.957 bits per heavy atom. The van der Waals surface area contributed by atoms with Gasteiger partial charge in [-0.25, -0.2) is 9.59 Å². The number of ketones is 1. The summed E-state index contributed by atoms with van der Waals surface area (Å²) < 4.78 is 18.5. The molecule has 1 saturated heterocycles. The molecule has 46 heavy (non-hydrogen) atoms. The molecule has 1 aliphatic heterocycles. The third-order valence-corrected chi connectivity index (χ3v) is 15.2. The highest BCUT2D eigenvalue weighted by atomic mass is 16.6. The Labute approximate surface area is 276 Å². The molecule has 9 nitrogen and oxygen atoms in total. The summed E-state index contributed by atoms with van der Waals surface area (Å²) in [5.41, 5.74) is -0.366. The molecule has 5 aliphatic carbocycles. The second-order valence-corrected chi connectivity index (χ2v) is 17.5. The van der Waals surface area contributed by atoms with Crippen LogP contribution in [-0.2, 0) is 19.0 Å². The van der Waals surface area contributed by atoms with Gasteiger partial charge in [-0.3, -0.25) is 4.79 Å². The predicted octanol–water partition coefficient (Wildman–Crippen LogP) is 6.09. The summed E-state index contributed by atoms with van der Waals surface area (Å²) in [4.78, 5) is 40.0. The number of fused-ring (bicyclic) bond motifs is 2. The molecular formula is C37H61N3O6. The van der Waals surface area contributed by atoms with Crippen molar-refractivity contribution < 1.29 is 28.6 Å². The number of nitrogens with one attached hydrogen (secondary N) is 3. The first-order valence-corrected chi connectivity index (χ1v) is 18.3. The first-order chi connectivity index (χ1) is 21.6. The van der Waals surface area contributed by atoms with Gasteiger partial charge in [0, 0.05) is 36.9 Å². The number of hydrogen-bond acceptors (Lipinski definition) is 7. The molecule has 5 saturated carbocycles. The van der Waals surface area contributed by atoms with E-state index in [1.807, 2.05) is 13.8 Å². The molecule has 3 N–H and O–H groups in total. The van der Waals surface area contributed by atoms with Crippen LogP contribution in [0.2, 0.25) is 0 Å². The molecule has 2 spiro atoms. The SMILES string of the molecule is CC[C@@H](C)[C@H]1C(OC[C@H](OC(=O)NC)C(C)C)C(=O)[C@@]2(C)C3CCC4C(C)(C)[C@@H](OC(=O)NC5CNC5)CC[C@@]45C[C@@]35CC[C@]12C. The van der Waals surface area contributed by atoms with Crippen molar-refractivity contribution in [3.63, 3.8) is 0 Å². The molecule has 0 aromatic rings. The molecule has 9 heteroatoms. The fourth-order valence-corrected chi connectivity index (χ4v) is 12.2. The lowest BCUT2D eigenvalue weighted by Gasteiger charge is -2.62. The molecule has 0 bridgehead atoms. The highest BCUT2D eigenvalue weighted by Gasteiger charge is 2.84. The average Bonchev–Trinajstić information content (AvgIpc) is 3.62. The third-order valence-electron chi connectivity index (χ3n) is 15.2. The van der Waals surface area contributed by atoms with E-state index in [0.717, 1.165) is 51.6 Å². The summed E-state index contributed by atoms with van der Waals surface area (Å²) in [6.45, 7) is 19.8. The van der Waals surface area contributed by atoms with Crippen molar-refractivity contribution in [2.45, 2.75) is 131 Å². The van der Waals surface area contributed by atoms with Crippen molar-refractivity contribution in [3.05, 3.63) is 0 Å². The number of carbonyl (C=O) groups excluding carboxylic acids is 3. The van der Waals surface area contributed by atoms with Crippen molar-refractivity contribution in [2.75, 3.05) is 26.7 Å². The molecule has 0 radical (unpaired) electrons. The lowest BCUT2D eigenvalue weighted by atomic mass is 9.41. The smallest absolute Gasteiger partial charge is 0.407 e. The minimum atomic E-state index is -0.494. The van der Waals surface area contributed by atoms with Gasteiger partial charge in [0.25, 0.3) is 0 Å². The Kier molecular flexibility index (Phi) is 8.60. The summed E-state index contributed by atoms with van der Waals surface area (Å²) in [5, 5.41) is 8.79. The molecule has 6 rings (SSSR count). The van der Waals surface area contributed by atoms with Gasteiger partial charge in [0.05, 0.1) is 12.6 Å². The van der Waals surface area contributed by atoms with Crippen LogP contribution in [0.25, 0.3) is 0 Å². The van der Waals surface area contributed by atoms with Crippen molar-refractivity contribution >= 4 is 18.0 Å². The molecule has 6 fully saturated rings. The summed E-state index contributed by atoms with van der Waals surface area (Å²) in [6.07, 6.45) is 6.70. The second kappa shape index (κ2) is 11.6. The Morgan fingerprint density at radius 2 is 1.63 bits per heavy atom. The highest BCUT2D eigenvalue weighted by Crippen LogP contribution is 2.88. The van der Waals surface area contributed by atoms with Gasteiger partial charge in [-0.05, 0) is 84.9 Å². The van der Waals surface area contributed by atoms with Crippen LogP contribution < -0.4 is 16.0 Å². The second-order valence-electron chi connectivity index (χ2n) is 17.5. The largest absolute Gasteiger partial charge is 0.446 e. The van der Waals surface area contributed by atoms with Crippen LogP contribution in [0.4, 0.5) is 9.59 Å². The molecule has 11 atom stereocenters. The van der Waals surface area contributed by atoms with Crippen LogP contribution in [0.5, 0.6) is 0 Å².